The Labute approximate surface area is 191 Å². The van der Waals surface area contributed by atoms with E-state index in [1.807, 2.05) is 13.8 Å². The quantitative estimate of drug-likeness (QED) is 0.718. The predicted molar refractivity (Wildman–Crippen MR) is 120 cm³/mol. The lowest BCUT2D eigenvalue weighted by molar-refractivity contribution is 0.0533. The van der Waals surface area contributed by atoms with Crippen molar-refractivity contribution in [2.45, 2.75) is 26.4 Å². The lowest BCUT2D eigenvalue weighted by Gasteiger charge is -2.35. The number of halogens is 2. The van der Waals surface area contributed by atoms with E-state index < -0.39 is 11.7 Å². The normalized spacial score (nSPS) is 13.8. The lowest BCUT2D eigenvalue weighted by Crippen LogP contribution is -2.50. The maximum atomic E-state index is 14.0. The van der Waals surface area contributed by atoms with Gasteiger partial charge in [-0.1, -0.05) is 23.7 Å². The highest BCUT2D eigenvalue weighted by molar-refractivity contribution is 6.31. The molecule has 0 radical (unpaired) electrons. The van der Waals surface area contributed by atoms with Crippen molar-refractivity contribution in [2.75, 3.05) is 26.2 Å². The van der Waals surface area contributed by atoms with Crippen molar-refractivity contribution in [2.24, 2.45) is 0 Å². The molecule has 170 valence electrons. The molecule has 0 spiro atoms. The summed E-state index contributed by atoms with van der Waals surface area (Å²) < 4.78 is 14.0. The predicted octanol–water partition coefficient (Wildman–Crippen LogP) is 3.28. The second-order valence-corrected chi connectivity index (χ2v) is 8.32. The lowest BCUT2D eigenvalue weighted by atomic mass is 10.1. The van der Waals surface area contributed by atoms with Crippen molar-refractivity contribution < 1.29 is 18.8 Å². The Morgan fingerprint density at radius 2 is 1.56 bits per heavy atom. The molecule has 3 rings (SSSR count). The van der Waals surface area contributed by atoms with Crippen LogP contribution in [0.5, 0.6) is 0 Å². The van der Waals surface area contributed by atoms with Crippen LogP contribution in [-0.4, -0.2) is 59.9 Å². The van der Waals surface area contributed by atoms with Crippen molar-refractivity contribution in [1.29, 1.82) is 0 Å². The van der Waals surface area contributed by atoms with Crippen molar-refractivity contribution in [3.63, 3.8) is 0 Å². The molecule has 0 bridgehead atoms. The zero-order valence-corrected chi connectivity index (χ0v) is 18.8. The highest BCUT2D eigenvalue weighted by Gasteiger charge is 2.27. The third kappa shape index (κ3) is 5.97. The summed E-state index contributed by atoms with van der Waals surface area (Å²) in [4.78, 5) is 40.3. The molecule has 2 aromatic rings. The van der Waals surface area contributed by atoms with Crippen molar-refractivity contribution in [1.82, 2.24) is 20.4 Å². The Morgan fingerprint density at radius 1 is 0.969 bits per heavy atom. The van der Waals surface area contributed by atoms with Crippen LogP contribution in [0.15, 0.2) is 42.5 Å². The fourth-order valence-electron chi connectivity index (χ4n) is 3.39. The van der Waals surface area contributed by atoms with Crippen LogP contribution in [0.4, 0.5) is 9.18 Å². The summed E-state index contributed by atoms with van der Waals surface area (Å²) >= 11 is 5.88. The second kappa shape index (κ2) is 10.5. The number of hydrogen-bond donors (Lipinski definition) is 2. The minimum atomic E-state index is -0.617. The van der Waals surface area contributed by atoms with E-state index in [9.17, 15) is 18.8 Å². The molecule has 0 unspecified atom stereocenters. The molecule has 1 saturated heterocycles. The van der Waals surface area contributed by atoms with Crippen LogP contribution in [0.1, 0.15) is 40.1 Å². The molecule has 0 aromatic heterocycles. The molecule has 1 aliphatic heterocycles. The molecule has 9 heteroatoms. The first-order valence-corrected chi connectivity index (χ1v) is 10.8. The first-order chi connectivity index (χ1) is 15.2. The van der Waals surface area contributed by atoms with E-state index in [4.69, 9.17) is 11.6 Å². The third-order valence-electron chi connectivity index (χ3n) is 5.09. The number of piperazine rings is 1. The largest absolute Gasteiger partial charge is 0.336 e. The molecule has 4 amide bonds. The molecular formula is C23H26ClFN4O3. The Morgan fingerprint density at radius 3 is 2.16 bits per heavy atom. The summed E-state index contributed by atoms with van der Waals surface area (Å²) in [7, 11) is 0. The molecule has 1 heterocycles. The fraction of sp³-hybridized carbons (Fsp3) is 0.348. The number of benzene rings is 2. The van der Waals surface area contributed by atoms with E-state index in [1.165, 1.54) is 23.1 Å². The van der Waals surface area contributed by atoms with Crippen LogP contribution in [0.25, 0.3) is 0 Å². The standard InChI is InChI=1S/C23H26ClFN4O3/c1-15(2)27-23(32)26-14-16-3-5-17(6-4-16)21(30)28-9-11-29(12-10-28)22(31)19-13-18(24)7-8-20(19)25/h3-8,13,15H,9-12,14H2,1-2H3,(H2,26,27,32). The van der Waals surface area contributed by atoms with Gasteiger partial charge in [0.25, 0.3) is 11.8 Å². The van der Waals surface area contributed by atoms with E-state index in [0.29, 0.717) is 43.3 Å². The number of nitrogens with one attached hydrogen (secondary N) is 2. The fourth-order valence-corrected chi connectivity index (χ4v) is 3.56. The highest BCUT2D eigenvalue weighted by atomic mass is 35.5. The monoisotopic (exact) mass is 460 g/mol. The van der Waals surface area contributed by atoms with Gasteiger partial charge in [-0.15, -0.1) is 0 Å². The average Bonchev–Trinajstić information content (AvgIpc) is 2.78. The molecule has 7 nitrogen and oxygen atoms in total. The zero-order chi connectivity index (χ0) is 23.3. The van der Waals surface area contributed by atoms with Crippen LogP contribution in [0.3, 0.4) is 0 Å². The Balaban J connectivity index is 1.53. The van der Waals surface area contributed by atoms with Crippen molar-refractivity contribution in [3.05, 3.63) is 70.0 Å². The van der Waals surface area contributed by atoms with Gasteiger partial charge in [-0.05, 0) is 49.7 Å². The highest BCUT2D eigenvalue weighted by Crippen LogP contribution is 2.18. The van der Waals surface area contributed by atoms with Gasteiger partial charge in [0.05, 0.1) is 5.56 Å². The molecule has 1 aliphatic rings. The minimum Gasteiger partial charge on any atom is -0.336 e. The van der Waals surface area contributed by atoms with Gasteiger partial charge >= 0.3 is 6.03 Å². The van der Waals surface area contributed by atoms with Gasteiger partial charge in [-0.25, -0.2) is 9.18 Å². The van der Waals surface area contributed by atoms with E-state index >= 15 is 0 Å². The van der Waals surface area contributed by atoms with E-state index in [2.05, 4.69) is 10.6 Å². The summed E-state index contributed by atoms with van der Waals surface area (Å²) in [5, 5.41) is 5.80. The van der Waals surface area contributed by atoms with Crippen LogP contribution >= 0.6 is 11.6 Å². The molecule has 32 heavy (non-hydrogen) atoms. The van der Waals surface area contributed by atoms with E-state index in [-0.39, 0.29) is 23.5 Å². The maximum Gasteiger partial charge on any atom is 0.315 e. The number of rotatable bonds is 5. The Kier molecular flexibility index (Phi) is 7.69. The van der Waals surface area contributed by atoms with Crippen LogP contribution in [0.2, 0.25) is 5.02 Å². The van der Waals surface area contributed by atoms with Crippen LogP contribution in [0, 0.1) is 5.82 Å². The van der Waals surface area contributed by atoms with Gasteiger partial charge in [0, 0.05) is 49.4 Å². The number of nitrogens with zero attached hydrogens (tertiary/aromatic N) is 2. The smallest absolute Gasteiger partial charge is 0.315 e. The van der Waals surface area contributed by atoms with Gasteiger partial charge in [0.2, 0.25) is 0 Å². The third-order valence-corrected chi connectivity index (χ3v) is 5.32. The average molecular weight is 461 g/mol. The van der Waals surface area contributed by atoms with Gasteiger partial charge in [0.15, 0.2) is 0 Å². The van der Waals surface area contributed by atoms with Gasteiger partial charge in [-0.2, -0.15) is 0 Å². The van der Waals surface area contributed by atoms with Crippen LogP contribution < -0.4 is 10.6 Å². The summed E-state index contributed by atoms with van der Waals surface area (Å²) in [5.41, 5.74) is 1.34. The van der Waals surface area contributed by atoms with E-state index in [0.717, 1.165) is 5.56 Å². The zero-order valence-electron chi connectivity index (χ0n) is 18.0. The molecule has 0 saturated carbocycles. The number of amides is 4. The van der Waals surface area contributed by atoms with Crippen LogP contribution in [-0.2, 0) is 6.54 Å². The molecule has 2 N–H and O–H groups in total. The topological polar surface area (TPSA) is 81.8 Å². The minimum absolute atomic E-state index is 0.0512. The second-order valence-electron chi connectivity index (χ2n) is 7.89. The number of hydrogen-bond acceptors (Lipinski definition) is 3. The first kappa shape index (κ1) is 23.5. The van der Waals surface area contributed by atoms with Crippen molar-refractivity contribution >= 4 is 29.4 Å². The summed E-state index contributed by atoms with van der Waals surface area (Å²) in [6, 6.07) is 10.7. The molecule has 0 atom stereocenters. The number of urea groups is 1. The summed E-state index contributed by atoms with van der Waals surface area (Å²) in [5.74, 6) is -1.19. The number of carbonyl (C=O) groups is 3. The van der Waals surface area contributed by atoms with E-state index in [1.54, 1.807) is 29.2 Å². The van der Waals surface area contributed by atoms with Gasteiger partial charge < -0.3 is 20.4 Å². The Bertz CT molecular complexity index is 989. The SMILES string of the molecule is CC(C)NC(=O)NCc1ccc(C(=O)N2CCN(C(=O)c3cc(Cl)ccc3F)CC2)cc1. The van der Waals surface area contributed by atoms with Crippen molar-refractivity contribution in [3.8, 4) is 0 Å². The first-order valence-electron chi connectivity index (χ1n) is 10.4. The van der Waals surface area contributed by atoms with Gasteiger partial charge in [0.1, 0.15) is 5.82 Å². The molecule has 2 aromatic carbocycles. The maximum absolute atomic E-state index is 14.0. The number of carbonyl (C=O) groups excluding carboxylic acids is 3. The summed E-state index contributed by atoms with van der Waals surface area (Å²) in [6.07, 6.45) is 0. The Hall–Kier alpha value is -3.13. The van der Waals surface area contributed by atoms with Gasteiger partial charge in [-0.3, -0.25) is 9.59 Å². The molecular weight excluding hydrogens is 435 g/mol. The molecule has 0 aliphatic carbocycles. The summed E-state index contributed by atoms with van der Waals surface area (Å²) in [6.45, 7) is 5.44. The molecule has 1 fully saturated rings.